The Morgan fingerprint density at radius 3 is 2.38 bits per heavy atom. The van der Waals surface area contributed by atoms with Crippen LogP contribution in [-0.4, -0.2) is 52.3 Å². The second kappa shape index (κ2) is 10.3. The summed E-state index contributed by atoms with van der Waals surface area (Å²) in [6.45, 7) is 3.30. The molecule has 0 heterocycles. The molecule has 0 spiro atoms. The minimum atomic E-state index is -1.41. The van der Waals surface area contributed by atoms with Crippen molar-refractivity contribution in [1.82, 2.24) is 5.32 Å². The molecule has 142 valence electrons. The van der Waals surface area contributed by atoms with Crippen LogP contribution in [0, 0.1) is 5.41 Å². The number of phenols is 1. The monoisotopic (exact) mass is 364 g/mol. The molecule has 0 aromatic heterocycles. The molecule has 2 atom stereocenters. The van der Waals surface area contributed by atoms with Crippen molar-refractivity contribution in [3.63, 3.8) is 0 Å². The standard InChI is InChI=1S/C18H24N2O6/c1-11(2)26-18(25)15(8-7-14(22)10-19)20-17(24)16(23)9-12-3-5-13(21)6-4-12/h3-6,10-11,15-16,19,21,23H,7-9H2,1-2H3,(H,20,24)/t15-,16-/m0/s1. The third kappa shape index (κ3) is 7.43. The molecule has 0 aliphatic carbocycles. The van der Waals surface area contributed by atoms with Gasteiger partial charge in [-0.25, -0.2) is 4.79 Å². The Labute approximate surface area is 151 Å². The van der Waals surface area contributed by atoms with E-state index in [0.717, 1.165) is 0 Å². The predicted octanol–water partition coefficient (Wildman–Crippen LogP) is 0.731. The Hall–Kier alpha value is -2.74. The molecular weight excluding hydrogens is 340 g/mol. The number of esters is 1. The fourth-order valence-electron chi connectivity index (χ4n) is 2.14. The van der Waals surface area contributed by atoms with E-state index in [4.69, 9.17) is 10.1 Å². The van der Waals surface area contributed by atoms with E-state index in [-0.39, 0.29) is 25.0 Å². The summed E-state index contributed by atoms with van der Waals surface area (Å²) < 4.78 is 5.06. The van der Waals surface area contributed by atoms with Crippen LogP contribution in [0.2, 0.25) is 0 Å². The van der Waals surface area contributed by atoms with Crippen LogP contribution in [0.5, 0.6) is 5.75 Å². The number of hydrogen-bond donors (Lipinski definition) is 4. The van der Waals surface area contributed by atoms with Gasteiger partial charge in [-0.05, 0) is 38.0 Å². The van der Waals surface area contributed by atoms with Crippen molar-refractivity contribution >= 4 is 23.9 Å². The van der Waals surface area contributed by atoms with Gasteiger partial charge in [-0.3, -0.25) is 9.59 Å². The number of phenolic OH excluding ortho intramolecular Hbond substituents is 1. The molecule has 0 fully saturated rings. The molecule has 26 heavy (non-hydrogen) atoms. The molecule has 0 bridgehead atoms. The number of aromatic hydroxyl groups is 1. The summed E-state index contributed by atoms with van der Waals surface area (Å²) >= 11 is 0. The van der Waals surface area contributed by atoms with Crippen LogP contribution in [0.1, 0.15) is 32.3 Å². The minimum Gasteiger partial charge on any atom is -0.508 e. The van der Waals surface area contributed by atoms with Crippen LogP contribution in [0.25, 0.3) is 0 Å². The second-order valence-corrected chi connectivity index (χ2v) is 6.08. The smallest absolute Gasteiger partial charge is 0.328 e. The van der Waals surface area contributed by atoms with Gasteiger partial charge in [0.2, 0.25) is 5.91 Å². The lowest BCUT2D eigenvalue weighted by molar-refractivity contribution is -0.152. The van der Waals surface area contributed by atoms with Crippen molar-refractivity contribution in [2.24, 2.45) is 0 Å². The van der Waals surface area contributed by atoms with Crippen molar-refractivity contribution in [1.29, 1.82) is 5.41 Å². The molecule has 4 N–H and O–H groups in total. The summed E-state index contributed by atoms with van der Waals surface area (Å²) in [4.78, 5) is 35.5. The number of rotatable bonds is 10. The zero-order valence-electron chi connectivity index (χ0n) is 14.8. The summed E-state index contributed by atoms with van der Waals surface area (Å²) in [5.74, 6) is -1.89. The fourth-order valence-corrected chi connectivity index (χ4v) is 2.14. The van der Waals surface area contributed by atoms with Crippen molar-refractivity contribution in [2.75, 3.05) is 0 Å². The number of ketones is 1. The van der Waals surface area contributed by atoms with E-state index in [1.165, 1.54) is 12.1 Å². The van der Waals surface area contributed by atoms with Gasteiger partial charge in [-0.15, -0.1) is 0 Å². The number of nitrogens with one attached hydrogen (secondary N) is 2. The highest BCUT2D eigenvalue weighted by atomic mass is 16.5. The summed E-state index contributed by atoms with van der Waals surface area (Å²) in [7, 11) is 0. The van der Waals surface area contributed by atoms with E-state index in [1.807, 2.05) is 0 Å². The third-order valence-corrected chi connectivity index (χ3v) is 3.46. The molecule has 0 saturated heterocycles. The lowest BCUT2D eigenvalue weighted by Crippen LogP contribution is -2.47. The van der Waals surface area contributed by atoms with Crippen LogP contribution in [0.3, 0.4) is 0 Å². The molecular formula is C18H24N2O6. The van der Waals surface area contributed by atoms with Gasteiger partial charge in [-0.1, -0.05) is 12.1 Å². The zero-order chi connectivity index (χ0) is 19.7. The normalized spacial score (nSPS) is 12.9. The predicted molar refractivity (Wildman–Crippen MR) is 94.0 cm³/mol. The first-order valence-electron chi connectivity index (χ1n) is 8.23. The Morgan fingerprint density at radius 1 is 1.23 bits per heavy atom. The van der Waals surface area contributed by atoms with Crippen LogP contribution in [0.15, 0.2) is 24.3 Å². The molecule has 0 aliphatic heterocycles. The molecule has 0 radical (unpaired) electrons. The number of carbonyl (C=O) groups excluding carboxylic acids is 3. The van der Waals surface area contributed by atoms with Gasteiger partial charge in [0.1, 0.15) is 17.9 Å². The molecule has 0 saturated carbocycles. The van der Waals surface area contributed by atoms with Gasteiger partial charge in [0.15, 0.2) is 5.78 Å². The molecule has 1 rings (SSSR count). The summed E-state index contributed by atoms with van der Waals surface area (Å²) in [6, 6.07) is 4.92. The average Bonchev–Trinajstić information content (AvgIpc) is 2.59. The maximum Gasteiger partial charge on any atom is 0.328 e. The molecule has 1 aromatic carbocycles. The first kappa shape index (κ1) is 21.3. The number of Topliss-reactive ketones (excluding diaryl/α,β-unsaturated/α-hetero) is 1. The van der Waals surface area contributed by atoms with E-state index in [2.05, 4.69) is 5.32 Å². The summed E-state index contributed by atoms with van der Waals surface area (Å²) in [5, 5.41) is 28.6. The van der Waals surface area contributed by atoms with Crippen LogP contribution in [0.4, 0.5) is 0 Å². The van der Waals surface area contributed by atoms with E-state index in [0.29, 0.717) is 11.8 Å². The van der Waals surface area contributed by atoms with Gasteiger partial charge < -0.3 is 25.7 Å². The van der Waals surface area contributed by atoms with Gasteiger partial charge in [0.05, 0.1) is 12.3 Å². The van der Waals surface area contributed by atoms with E-state index in [9.17, 15) is 24.6 Å². The lowest BCUT2D eigenvalue weighted by atomic mass is 10.1. The summed E-state index contributed by atoms with van der Waals surface area (Å²) in [5.41, 5.74) is 0.630. The van der Waals surface area contributed by atoms with Crippen LogP contribution in [-0.2, 0) is 25.5 Å². The topological polar surface area (TPSA) is 137 Å². The fraction of sp³-hybridized carbons (Fsp3) is 0.444. The van der Waals surface area contributed by atoms with Gasteiger partial charge >= 0.3 is 5.97 Å². The number of aliphatic hydroxyl groups is 1. The van der Waals surface area contributed by atoms with Crippen molar-refractivity contribution in [3.8, 4) is 5.75 Å². The maximum absolute atomic E-state index is 12.2. The van der Waals surface area contributed by atoms with Crippen molar-refractivity contribution in [3.05, 3.63) is 29.8 Å². The number of carbonyl (C=O) groups is 3. The zero-order valence-corrected chi connectivity index (χ0v) is 14.8. The molecule has 1 aromatic rings. The Bertz CT molecular complexity index is 642. The SMILES string of the molecule is CC(C)OC(=O)[C@H](CCC(=O)C=N)NC(=O)[C@@H](O)Cc1ccc(O)cc1. The molecule has 0 unspecified atom stereocenters. The Kier molecular flexibility index (Phi) is 8.44. The highest BCUT2D eigenvalue weighted by Crippen LogP contribution is 2.12. The number of amides is 1. The van der Waals surface area contributed by atoms with Crippen LogP contribution >= 0.6 is 0 Å². The number of aliphatic hydroxyl groups excluding tert-OH is 1. The van der Waals surface area contributed by atoms with E-state index < -0.39 is 35.9 Å². The molecule has 0 aliphatic rings. The maximum atomic E-state index is 12.2. The quantitative estimate of drug-likeness (QED) is 0.357. The number of ether oxygens (including phenoxy) is 1. The van der Waals surface area contributed by atoms with Gasteiger partial charge in [-0.2, -0.15) is 0 Å². The molecule has 8 heteroatoms. The van der Waals surface area contributed by atoms with Gasteiger partial charge in [0.25, 0.3) is 0 Å². The van der Waals surface area contributed by atoms with Crippen molar-refractivity contribution in [2.45, 2.75) is 51.4 Å². The molecule has 8 nitrogen and oxygen atoms in total. The highest BCUT2D eigenvalue weighted by molar-refractivity contribution is 6.26. The number of hydrogen-bond acceptors (Lipinski definition) is 7. The summed E-state index contributed by atoms with van der Waals surface area (Å²) in [6.07, 6.45) is -1.30. The van der Waals surface area contributed by atoms with Crippen LogP contribution < -0.4 is 5.32 Å². The Balaban J connectivity index is 2.71. The minimum absolute atomic E-state index is 0.00249. The third-order valence-electron chi connectivity index (χ3n) is 3.46. The molecule has 1 amide bonds. The van der Waals surface area contributed by atoms with Crippen molar-refractivity contribution < 1.29 is 29.3 Å². The number of benzene rings is 1. The lowest BCUT2D eigenvalue weighted by Gasteiger charge is -2.20. The first-order valence-corrected chi connectivity index (χ1v) is 8.23. The average molecular weight is 364 g/mol. The van der Waals surface area contributed by atoms with Gasteiger partial charge in [0, 0.05) is 12.8 Å². The largest absolute Gasteiger partial charge is 0.508 e. The second-order valence-electron chi connectivity index (χ2n) is 6.08. The Morgan fingerprint density at radius 2 is 1.85 bits per heavy atom. The first-order chi connectivity index (χ1) is 12.2. The van der Waals surface area contributed by atoms with E-state index in [1.54, 1.807) is 26.0 Å². The van der Waals surface area contributed by atoms with E-state index >= 15 is 0 Å². The highest BCUT2D eigenvalue weighted by Gasteiger charge is 2.26.